The lowest BCUT2D eigenvalue weighted by Crippen LogP contribution is -2.29. The third-order valence-corrected chi connectivity index (χ3v) is 4.26. The van der Waals surface area contributed by atoms with Gasteiger partial charge in [-0.25, -0.2) is 4.39 Å². The molecule has 1 aromatic carbocycles. The average Bonchev–Trinajstić information content (AvgIpc) is 3.22. The number of amides is 1. The summed E-state index contributed by atoms with van der Waals surface area (Å²) in [6.45, 7) is 0. The van der Waals surface area contributed by atoms with Gasteiger partial charge in [0, 0.05) is 22.5 Å². The summed E-state index contributed by atoms with van der Waals surface area (Å²) < 4.78 is 13.7. The summed E-state index contributed by atoms with van der Waals surface area (Å²) in [5.41, 5.74) is 0.435. The summed E-state index contributed by atoms with van der Waals surface area (Å²) in [6, 6.07) is 4.36. The van der Waals surface area contributed by atoms with E-state index in [-0.39, 0.29) is 23.7 Å². The van der Waals surface area contributed by atoms with E-state index in [0.29, 0.717) is 23.4 Å². The number of aliphatic carboxylic acids is 1. The van der Waals surface area contributed by atoms with E-state index in [1.165, 1.54) is 6.07 Å². The summed E-state index contributed by atoms with van der Waals surface area (Å²) in [6.07, 6.45) is 1.02. The molecule has 1 aromatic rings. The predicted molar refractivity (Wildman–Crippen MR) is 69.9 cm³/mol. The fourth-order valence-corrected chi connectivity index (χ4v) is 2.89. The highest BCUT2D eigenvalue weighted by molar-refractivity contribution is 6.31. The van der Waals surface area contributed by atoms with Gasteiger partial charge < -0.3 is 10.4 Å². The highest BCUT2D eigenvalue weighted by Gasteiger charge is 2.51. The molecule has 0 bridgehead atoms. The first-order valence-corrected chi connectivity index (χ1v) is 6.84. The SMILES string of the molecule is O=C(O)C1CC1C(=O)NC1CC1c1c(F)cccc1Cl. The van der Waals surface area contributed by atoms with Gasteiger partial charge in [0.2, 0.25) is 5.91 Å². The van der Waals surface area contributed by atoms with Crippen molar-refractivity contribution in [3.05, 3.63) is 34.6 Å². The van der Waals surface area contributed by atoms with Crippen LogP contribution in [0.25, 0.3) is 0 Å². The third-order valence-electron chi connectivity index (χ3n) is 3.93. The Labute approximate surface area is 119 Å². The zero-order valence-corrected chi connectivity index (χ0v) is 11.2. The molecular weight excluding hydrogens is 285 g/mol. The molecule has 3 rings (SSSR count). The van der Waals surface area contributed by atoms with Crippen molar-refractivity contribution in [1.29, 1.82) is 0 Å². The molecule has 106 valence electrons. The van der Waals surface area contributed by atoms with Gasteiger partial charge in [0.05, 0.1) is 11.8 Å². The molecular formula is C14H13ClFNO3. The maximum absolute atomic E-state index is 13.7. The van der Waals surface area contributed by atoms with Crippen molar-refractivity contribution in [1.82, 2.24) is 5.32 Å². The normalized spacial score (nSPS) is 30.7. The number of rotatable bonds is 4. The van der Waals surface area contributed by atoms with Gasteiger partial charge >= 0.3 is 5.97 Å². The van der Waals surface area contributed by atoms with Crippen molar-refractivity contribution in [3.63, 3.8) is 0 Å². The summed E-state index contributed by atoms with van der Waals surface area (Å²) in [5, 5.41) is 11.9. The lowest BCUT2D eigenvalue weighted by atomic mass is 10.1. The van der Waals surface area contributed by atoms with Gasteiger partial charge in [-0.15, -0.1) is 0 Å². The molecule has 2 fully saturated rings. The van der Waals surface area contributed by atoms with Crippen molar-refractivity contribution in [2.75, 3.05) is 0 Å². The van der Waals surface area contributed by atoms with E-state index >= 15 is 0 Å². The number of carbonyl (C=O) groups is 2. The van der Waals surface area contributed by atoms with E-state index in [9.17, 15) is 14.0 Å². The largest absolute Gasteiger partial charge is 0.481 e. The van der Waals surface area contributed by atoms with Crippen LogP contribution in [0.3, 0.4) is 0 Å². The molecule has 20 heavy (non-hydrogen) atoms. The van der Waals surface area contributed by atoms with Crippen LogP contribution >= 0.6 is 11.6 Å². The summed E-state index contributed by atoms with van der Waals surface area (Å²) in [4.78, 5) is 22.5. The van der Waals surface area contributed by atoms with Crippen LogP contribution in [0, 0.1) is 17.7 Å². The van der Waals surface area contributed by atoms with Crippen molar-refractivity contribution in [2.45, 2.75) is 24.8 Å². The Morgan fingerprint density at radius 2 is 2.05 bits per heavy atom. The van der Waals surface area contributed by atoms with Gasteiger partial charge in [-0.1, -0.05) is 17.7 Å². The van der Waals surface area contributed by atoms with Crippen LogP contribution in [0.1, 0.15) is 24.3 Å². The number of nitrogens with one attached hydrogen (secondary N) is 1. The molecule has 2 N–H and O–H groups in total. The lowest BCUT2D eigenvalue weighted by Gasteiger charge is -2.06. The van der Waals surface area contributed by atoms with Crippen LogP contribution in [0.15, 0.2) is 18.2 Å². The molecule has 2 saturated carbocycles. The van der Waals surface area contributed by atoms with Crippen molar-refractivity contribution in [2.24, 2.45) is 11.8 Å². The fraction of sp³-hybridized carbons (Fsp3) is 0.429. The van der Waals surface area contributed by atoms with Crippen LogP contribution in [0.5, 0.6) is 0 Å². The standard InChI is InChI=1S/C14H13ClFNO3/c15-9-2-1-3-10(16)12(9)8-5-11(8)17-13(18)6-4-7(6)14(19)20/h1-3,6-8,11H,4-5H2,(H,17,18)(H,19,20). The molecule has 0 heterocycles. The topological polar surface area (TPSA) is 66.4 Å². The molecule has 1 amide bonds. The van der Waals surface area contributed by atoms with E-state index in [0.717, 1.165) is 0 Å². The Morgan fingerprint density at radius 1 is 1.30 bits per heavy atom. The monoisotopic (exact) mass is 297 g/mol. The summed E-state index contributed by atoms with van der Waals surface area (Å²) >= 11 is 5.98. The molecule has 0 aliphatic heterocycles. The molecule has 4 nitrogen and oxygen atoms in total. The number of halogens is 2. The Hall–Kier alpha value is -1.62. The maximum Gasteiger partial charge on any atom is 0.307 e. The van der Waals surface area contributed by atoms with E-state index in [1.54, 1.807) is 12.1 Å². The van der Waals surface area contributed by atoms with Gasteiger partial charge in [0.25, 0.3) is 0 Å². The highest BCUT2D eigenvalue weighted by Crippen LogP contribution is 2.46. The van der Waals surface area contributed by atoms with Crippen LogP contribution in [0.2, 0.25) is 5.02 Å². The summed E-state index contributed by atoms with van der Waals surface area (Å²) in [7, 11) is 0. The molecule has 2 aliphatic carbocycles. The molecule has 0 spiro atoms. The Kier molecular flexibility index (Phi) is 3.17. The molecule has 0 saturated heterocycles. The van der Waals surface area contributed by atoms with Gasteiger partial charge in [0.1, 0.15) is 5.82 Å². The van der Waals surface area contributed by atoms with Gasteiger partial charge in [-0.3, -0.25) is 9.59 Å². The number of carboxylic acids is 1. The number of carbonyl (C=O) groups excluding carboxylic acids is 1. The first-order chi connectivity index (χ1) is 9.49. The van der Waals surface area contributed by atoms with Crippen LogP contribution in [-0.4, -0.2) is 23.0 Å². The van der Waals surface area contributed by atoms with Crippen LogP contribution in [-0.2, 0) is 9.59 Å². The minimum Gasteiger partial charge on any atom is -0.481 e. The van der Waals surface area contributed by atoms with Gasteiger partial charge in [-0.05, 0) is 25.0 Å². The first kappa shape index (κ1) is 13.4. The molecule has 4 unspecified atom stereocenters. The first-order valence-electron chi connectivity index (χ1n) is 6.46. The number of benzene rings is 1. The molecule has 6 heteroatoms. The van der Waals surface area contributed by atoms with E-state index in [2.05, 4.69) is 5.32 Å². The second-order valence-electron chi connectivity index (χ2n) is 5.38. The Morgan fingerprint density at radius 3 is 2.65 bits per heavy atom. The van der Waals surface area contributed by atoms with E-state index < -0.39 is 17.8 Å². The molecule has 4 atom stereocenters. The average molecular weight is 298 g/mol. The van der Waals surface area contributed by atoms with Crippen molar-refractivity contribution < 1.29 is 19.1 Å². The minimum absolute atomic E-state index is 0.116. The van der Waals surface area contributed by atoms with E-state index in [1.807, 2.05) is 0 Å². The smallest absolute Gasteiger partial charge is 0.307 e. The Bertz CT molecular complexity index is 572. The maximum atomic E-state index is 13.7. The number of hydrogen-bond donors (Lipinski definition) is 2. The van der Waals surface area contributed by atoms with Gasteiger partial charge in [-0.2, -0.15) is 0 Å². The Balaban J connectivity index is 1.60. The lowest BCUT2D eigenvalue weighted by molar-refractivity contribution is -0.140. The van der Waals surface area contributed by atoms with Crippen molar-refractivity contribution >= 4 is 23.5 Å². The molecule has 0 radical (unpaired) electrons. The second kappa shape index (κ2) is 4.74. The highest BCUT2D eigenvalue weighted by atomic mass is 35.5. The minimum atomic E-state index is -0.936. The number of carboxylic acid groups (broad SMARTS) is 1. The zero-order valence-electron chi connectivity index (χ0n) is 10.5. The predicted octanol–water partition coefficient (Wildman–Crippen LogP) is 2.17. The quantitative estimate of drug-likeness (QED) is 0.895. The van der Waals surface area contributed by atoms with Crippen molar-refractivity contribution in [3.8, 4) is 0 Å². The van der Waals surface area contributed by atoms with E-state index in [4.69, 9.17) is 16.7 Å². The van der Waals surface area contributed by atoms with Crippen LogP contribution in [0.4, 0.5) is 4.39 Å². The second-order valence-corrected chi connectivity index (χ2v) is 5.79. The third kappa shape index (κ3) is 2.38. The van der Waals surface area contributed by atoms with Gasteiger partial charge in [0.15, 0.2) is 0 Å². The van der Waals surface area contributed by atoms with Crippen LogP contribution < -0.4 is 5.32 Å². The number of hydrogen-bond acceptors (Lipinski definition) is 2. The summed E-state index contributed by atoms with van der Waals surface area (Å²) in [5.74, 6) is -2.68. The molecule has 0 aromatic heterocycles. The molecule has 2 aliphatic rings. The zero-order chi connectivity index (χ0) is 14.4. The fourth-order valence-electron chi connectivity index (χ4n) is 2.59.